The Kier molecular flexibility index (Phi) is 7.15. The molecule has 0 aromatic heterocycles. The van der Waals surface area contributed by atoms with Crippen LogP contribution in [0.3, 0.4) is 0 Å². The highest BCUT2D eigenvalue weighted by Crippen LogP contribution is 2.18. The predicted molar refractivity (Wildman–Crippen MR) is 59.5 cm³/mol. The van der Waals surface area contributed by atoms with Crippen LogP contribution in [-0.4, -0.2) is 37.0 Å². The molecule has 0 heterocycles. The molecule has 0 bridgehead atoms. The summed E-state index contributed by atoms with van der Waals surface area (Å²) in [7, 11) is 1.61. The van der Waals surface area contributed by atoms with Crippen molar-refractivity contribution in [2.75, 3.05) is 20.3 Å². The van der Waals surface area contributed by atoms with Gasteiger partial charge in [-0.1, -0.05) is 20.8 Å². The molecule has 0 radical (unpaired) electrons. The van der Waals surface area contributed by atoms with Crippen molar-refractivity contribution in [3.8, 4) is 0 Å². The molecule has 1 atom stereocenters. The second-order valence-electron chi connectivity index (χ2n) is 3.83. The molecule has 0 aliphatic carbocycles. The maximum atomic E-state index is 9.51. The molecule has 1 unspecified atom stereocenters. The van der Waals surface area contributed by atoms with Crippen LogP contribution in [0, 0.1) is 0 Å². The van der Waals surface area contributed by atoms with Gasteiger partial charge in [0.15, 0.2) is 0 Å². The molecule has 0 saturated heterocycles. The third-order valence-electron chi connectivity index (χ3n) is 3.10. The van der Waals surface area contributed by atoms with E-state index in [4.69, 9.17) is 4.74 Å². The monoisotopic (exact) mass is 203 g/mol. The van der Waals surface area contributed by atoms with Crippen molar-refractivity contribution >= 4 is 0 Å². The summed E-state index contributed by atoms with van der Waals surface area (Å²) in [4.78, 5) is 0. The summed E-state index contributed by atoms with van der Waals surface area (Å²) in [5.41, 5.74) is 0.189. The van der Waals surface area contributed by atoms with E-state index in [0.717, 1.165) is 19.3 Å². The SMILES string of the molecule is CCC(CC)(CC)NCC(O)COC. The fourth-order valence-electron chi connectivity index (χ4n) is 1.71. The molecule has 3 nitrogen and oxygen atoms in total. The van der Waals surface area contributed by atoms with Gasteiger partial charge in [-0.2, -0.15) is 0 Å². The van der Waals surface area contributed by atoms with Gasteiger partial charge in [0.25, 0.3) is 0 Å². The van der Waals surface area contributed by atoms with E-state index >= 15 is 0 Å². The number of aliphatic hydroxyl groups excluding tert-OH is 1. The molecule has 0 aromatic carbocycles. The van der Waals surface area contributed by atoms with Crippen molar-refractivity contribution in [3.05, 3.63) is 0 Å². The summed E-state index contributed by atoms with van der Waals surface area (Å²) < 4.78 is 4.88. The van der Waals surface area contributed by atoms with Crippen LogP contribution < -0.4 is 5.32 Å². The van der Waals surface area contributed by atoms with Gasteiger partial charge < -0.3 is 15.2 Å². The van der Waals surface area contributed by atoms with Crippen LogP contribution in [0.1, 0.15) is 40.0 Å². The average molecular weight is 203 g/mol. The second kappa shape index (κ2) is 7.21. The minimum Gasteiger partial charge on any atom is -0.389 e. The lowest BCUT2D eigenvalue weighted by Crippen LogP contribution is -2.47. The summed E-state index contributed by atoms with van der Waals surface area (Å²) in [6.07, 6.45) is 2.89. The zero-order valence-electron chi connectivity index (χ0n) is 9.97. The summed E-state index contributed by atoms with van der Waals surface area (Å²) in [6, 6.07) is 0. The second-order valence-corrected chi connectivity index (χ2v) is 3.83. The van der Waals surface area contributed by atoms with Crippen molar-refractivity contribution in [1.29, 1.82) is 0 Å². The molecule has 14 heavy (non-hydrogen) atoms. The summed E-state index contributed by atoms with van der Waals surface area (Å²) in [6.45, 7) is 7.57. The van der Waals surface area contributed by atoms with Crippen LogP contribution in [0.5, 0.6) is 0 Å². The Morgan fingerprint density at radius 2 is 1.71 bits per heavy atom. The van der Waals surface area contributed by atoms with Crippen molar-refractivity contribution in [2.24, 2.45) is 0 Å². The first-order valence-corrected chi connectivity index (χ1v) is 5.56. The average Bonchev–Trinajstić information content (AvgIpc) is 2.21. The fourth-order valence-corrected chi connectivity index (χ4v) is 1.71. The van der Waals surface area contributed by atoms with Crippen LogP contribution in [0.25, 0.3) is 0 Å². The van der Waals surface area contributed by atoms with Crippen LogP contribution in [0.15, 0.2) is 0 Å². The first kappa shape index (κ1) is 13.9. The van der Waals surface area contributed by atoms with Gasteiger partial charge in [-0.3, -0.25) is 0 Å². The van der Waals surface area contributed by atoms with Gasteiger partial charge in [-0.25, -0.2) is 0 Å². The number of nitrogens with one attached hydrogen (secondary N) is 1. The van der Waals surface area contributed by atoms with E-state index in [9.17, 15) is 5.11 Å². The minimum atomic E-state index is -0.399. The number of ether oxygens (including phenoxy) is 1. The topological polar surface area (TPSA) is 41.5 Å². The molecule has 0 aliphatic rings. The maximum absolute atomic E-state index is 9.51. The number of hydrogen-bond acceptors (Lipinski definition) is 3. The smallest absolute Gasteiger partial charge is 0.0897 e. The van der Waals surface area contributed by atoms with Gasteiger partial charge in [0.1, 0.15) is 0 Å². The van der Waals surface area contributed by atoms with Gasteiger partial charge in [0, 0.05) is 19.2 Å². The summed E-state index contributed by atoms with van der Waals surface area (Å²) in [5, 5.41) is 12.9. The zero-order chi connectivity index (χ0) is 11.0. The fraction of sp³-hybridized carbons (Fsp3) is 1.00. The number of aliphatic hydroxyl groups is 1. The molecular weight excluding hydrogens is 178 g/mol. The van der Waals surface area contributed by atoms with Crippen LogP contribution >= 0.6 is 0 Å². The highest BCUT2D eigenvalue weighted by atomic mass is 16.5. The molecule has 0 fully saturated rings. The Morgan fingerprint density at radius 3 is 2.07 bits per heavy atom. The minimum absolute atomic E-state index is 0.189. The summed E-state index contributed by atoms with van der Waals surface area (Å²) >= 11 is 0. The predicted octanol–water partition coefficient (Wildman–Crippen LogP) is 1.55. The van der Waals surface area contributed by atoms with E-state index in [2.05, 4.69) is 26.1 Å². The first-order valence-electron chi connectivity index (χ1n) is 5.56. The van der Waals surface area contributed by atoms with E-state index in [1.807, 2.05) is 0 Å². The van der Waals surface area contributed by atoms with Crippen molar-refractivity contribution in [2.45, 2.75) is 51.7 Å². The Bertz CT molecular complexity index is 127. The molecule has 0 aromatic rings. The summed E-state index contributed by atoms with van der Waals surface area (Å²) in [5.74, 6) is 0. The Hall–Kier alpha value is -0.120. The molecule has 0 spiro atoms. The van der Waals surface area contributed by atoms with E-state index in [1.165, 1.54) is 0 Å². The van der Waals surface area contributed by atoms with Gasteiger partial charge in [0.05, 0.1) is 12.7 Å². The molecule has 0 saturated carbocycles. The van der Waals surface area contributed by atoms with Gasteiger partial charge in [-0.05, 0) is 19.3 Å². The third-order valence-corrected chi connectivity index (χ3v) is 3.10. The van der Waals surface area contributed by atoms with Gasteiger partial charge >= 0.3 is 0 Å². The molecule has 2 N–H and O–H groups in total. The van der Waals surface area contributed by atoms with Crippen molar-refractivity contribution in [3.63, 3.8) is 0 Å². The molecule has 3 heteroatoms. The number of methoxy groups -OCH3 is 1. The molecule has 0 aliphatic heterocycles. The lowest BCUT2D eigenvalue weighted by molar-refractivity contribution is 0.0571. The Balaban J connectivity index is 3.92. The maximum Gasteiger partial charge on any atom is 0.0897 e. The Labute approximate surface area is 87.8 Å². The molecular formula is C11H25NO2. The highest BCUT2D eigenvalue weighted by Gasteiger charge is 2.23. The molecule has 0 rings (SSSR count). The molecule has 0 amide bonds. The van der Waals surface area contributed by atoms with E-state index in [-0.39, 0.29) is 5.54 Å². The van der Waals surface area contributed by atoms with E-state index in [0.29, 0.717) is 13.2 Å². The van der Waals surface area contributed by atoms with Crippen molar-refractivity contribution < 1.29 is 9.84 Å². The molecule has 86 valence electrons. The highest BCUT2D eigenvalue weighted by molar-refractivity contribution is 4.84. The van der Waals surface area contributed by atoms with E-state index in [1.54, 1.807) is 7.11 Å². The number of rotatable bonds is 8. The van der Waals surface area contributed by atoms with E-state index < -0.39 is 6.10 Å². The lowest BCUT2D eigenvalue weighted by Gasteiger charge is -2.32. The first-order chi connectivity index (χ1) is 6.64. The zero-order valence-corrected chi connectivity index (χ0v) is 9.97. The van der Waals surface area contributed by atoms with Gasteiger partial charge in [-0.15, -0.1) is 0 Å². The normalized spacial score (nSPS) is 14.4. The van der Waals surface area contributed by atoms with Crippen LogP contribution in [0.2, 0.25) is 0 Å². The standard InChI is InChI=1S/C11H25NO2/c1-5-11(6-2,7-3)12-8-10(13)9-14-4/h10,12-13H,5-9H2,1-4H3. The Morgan fingerprint density at radius 1 is 1.21 bits per heavy atom. The van der Waals surface area contributed by atoms with Crippen molar-refractivity contribution in [1.82, 2.24) is 5.32 Å². The quantitative estimate of drug-likeness (QED) is 0.629. The van der Waals surface area contributed by atoms with Crippen LogP contribution in [0.4, 0.5) is 0 Å². The van der Waals surface area contributed by atoms with Crippen LogP contribution in [-0.2, 0) is 4.74 Å². The number of hydrogen-bond donors (Lipinski definition) is 2. The third kappa shape index (κ3) is 4.40. The van der Waals surface area contributed by atoms with Gasteiger partial charge in [0.2, 0.25) is 0 Å². The lowest BCUT2D eigenvalue weighted by atomic mass is 9.90. The number of β-amino-alcohol motifs (C(OH)–C–C–N with tert-alkyl or cyclic N) is 1. The largest absolute Gasteiger partial charge is 0.389 e.